The second-order valence-corrected chi connectivity index (χ2v) is 5.55. The molecule has 1 aromatic carbocycles. The van der Waals surface area contributed by atoms with Crippen molar-refractivity contribution in [3.8, 4) is 11.4 Å². The molecule has 1 aliphatic heterocycles. The summed E-state index contributed by atoms with van der Waals surface area (Å²) in [4.78, 5) is 6.55. The molecule has 20 heavy (non-hydrogen) atoms. The third-order valence-electron chi connectivity index (χ3n) is 4.26. The van der Waals surface area contributed by atoms with Gasteiger partial charge in [-0.05, 0) is 25.0 Å². The first kappa shape index (κ1) is 11.9. The van der Waals surface area contributed by atoms with Crippen LogP contribution in [0.3, 0.4) is 0 Å². The van der Waals surface area contributed by atoms with Gasteiger partial charge >= 0.3 is 0 Å². The number of rotatable bonds is 5. The van der Waals surface area contributed by atoms with Gasteiger partial charge < -0.3 is 4.74 Å². The zero-order chi connectivity index (χ0) is 13.4. The van der Waals surface area contributed by atoms with E-state index < -0.39 is 0 Å². The minimum Gasteiger partial charge on any atom is -0.490 e. The molecular weight excluding hydrogens is 252 g/mol. The van der Waals surface area contributed by atoms with Crippen LogP contribution in [0.2, 0.25) is 0 Å². The van der Waals surface area contributed by atoms with Crippen molar-refractivity contribution >= 4 is 0 Å². The Morgan fingerprint density at radius 3 is 2.90 bits per heavy atom. The van der Waals surface area contributed by atoms with E-state index in [1.54, 1.807) is 11.0 Å². The molecule has 1 aliphatic carbocycles. The molecule has 0 radical (unpaired) electrons. The van der Waals surface area contributed by atoms with E-state index in [2.05, 4.69) is 15.0 Å². The van der Waals surface area contributed by atoms with Gasteiger partial charge in [0.05, 0.1) is 6.04 Å². The van der Waals surface area contributed by atoms with Crippen LogP contribution in [0.25, 0.3) is 5.69 Å². The van der Waals surface area contributed by atoms with Gasteiger partial charge in [0, 0.05) is 12.6 Å². The Morgan fingerprint density at radius 2 is 2.15 bits per heavy atom. The van der Waals surface area contributed by atoms with Crippen molar-refractivity contribution in [2.24, 2.45) is 0 Å². The van der Waals surface area contributed by atoms with Crippen molar-refractivity contribution in [1.29, 1.82) is 0 Å². The summed E-state index contributed by atoms with van der Waals surface area (Å²) in [6, 6.07) is 9.40. The molecule has 2 atom stereocenters. The smallest absolute Gasteiger partial charge is 0.145 e. The first-order valence-corrected chi connectivity index (χ1v) is 7.24. The van der Waals surface area contributed by atoms with Crippen LogP contribution in [-0.4, -0.2) is 44.9 Å². The quantitative estimate of drug-likeness (QED) is 0.778. The fourth-order valence-corrected chi connectivity index (χ4v) is 2.80. The van der Waals surface area contributed by atoms with Gasteiger partial charge in [0.15, 0.2) is 0 Å². The highest BCUT2D eigenvalue weighted by molar-refractivity contribution is 5.45. The Hall–Kier alpha value is -1.88. The maximum atomic E-state index is 6.00. The van der Waals surface area contributed by atoms with Crippen LogP contribution in [0.1, 0.15) is 19.3 Å². The Kier molecular flexibility index (Phi) is 2.92. The molecule has 2 aliphatic rings. The van der Waals surface area contributed by atoms with Gasteiger partial charge in [-0.3, -0.25) is 4.90 Å². The lowest BCUT2D eigenvalue weighted by atomic mass is 9.93. The molecule has 0 spiro atoms. The fourth-order valence-electron chi connectivity index (χ4n) is 2.80. The van der Waals surface area contributed by atoms with E-state index >= 15 is 0 Å². The van der Waals surface area contributed by atoms with Gasteiger partial charge in [-0.2, -0.15) is 5.10 Å². The molecule has 5 heteroatoms. The summed E-state index contributed by atoms with van der Waals surface area (Å²) in [5.41, 5.74) is 0.945. The number of benzene rings is 1. The molecule has 5 nitrogen and oxygen atoms in total. The van der Waals surface area contributed by atoms with Crippen LogP contribution < -0.4 is 4.74 Å². The predicted octanol–water partition coefficient (Wildman–Crippen LogP) is 1.88. The molecule has 104 valence electrons. The monoisotopic (exact) mass is 270 g/mol. The summed E-state index contributed by atoms with van der Waals surface area (Å²) >= 11 is 0. The van der Waals surface area contributed by atoms with Gasteiger partial charge in [0.1, 0.15) is 30.7 Å². The van der Waals surface area contributed by atoms with E-state index in [0.29, 0.717) is 6.04 Å². The number of para-hydroxylation sites is 2. The molecule has 1 aromatic heterocycles. The maximum absolute atomic E-state index is 6.00. The van der Waals surface area contributed by atoms with Gasteiger partial charge in [-0.1, -0.05) is 18.6 Å². The van der Waals surface area contributed by atoms with Crippen molar-refractivity contribution in [3.05, 3.63) is 36.9 Å². The molecule has 2 aromatic rings. The topological polar surface area (TPSA) is 42.9 Å². The molecule has 1 saturated carbocycles. The zero-order valence-electron chi connectivity index (χ0n) is 11.4. The summed E-state index contributed by atoms with van der Waals surface area (Å²) in [5, 5.41) is 4.17. The lowest BCUT2D eigenvalue weighted by Gasteiger charge is -2.27. The van der Waals surface area contributed by atoms with Crippen molar-refractivity contribution in [2.75, 3.05) is 13.2 Å². The number of hydrogen-bond acceptors (Lipinski definition) is 4. The highest BCUT2D eigenvalue weighted by atomic mass is 16.5. The van der Waals surface area contributed by atoms with Crippen LogP contribution in [0, 0.1) is 0 Å². The molecular formula is C15H18N4O. The van der Waals surface area contributed by atoms with Crippen LogP contribution in [0.15, 0.2) is 36.9 Å². The summed E-state index contributed by atoms with van der Waals surface area (Å²) in [6.45, 7) is 1.96. The Morgan fingerprint density at radius 1 is 1.25 bits per heavy atom. The standard InChI is InChI=1S/C15H18N4O/c1-2-7-15(14(6-1)19-11-16-10-17-19)20-9-13-8-18(13)12-4-3-5-12/h1-2,6-7,10-13H,3-5,8-9H2. The first-order valence-electron chi connectivity index (χ1n) is 7.24. The van der Waals surface area contributed by atoms with Crippen LogP contribution in [0.4, 0.5) is 0 Å². The van der Waals surface area contributed by atoms with E-state index in [4.69, 9.17) is 4.74 Å². The van der Waals surface area contributed by atoms with E-state index in [1.165, 1.54) is 32.1 Å². The molecule has 2 unspecified atom stereocenters. The van der Waals surface area contributed by atoms with Gasteiger partial charge in [0.25, 0.3) is 0 Å². The van der Waals surface area contributed by atoms with E-state index in [1.807, 2.05) is 24.3 Å². The van der Waals surface area contributed by atoms with Crippen molar-refractivity contribution in [1.82, 2.24) is 19.7 Å². The van der Waals surface area contributed by atoms with Gasteiger partial charge in [-0.25, -0.2) is 9.67 Å². The Labute approximate surface area is 118 Å². The number of aromatic nitrogens is 3. The first-order chi connectivity index (χ1) is 9.92. The summed E-state index contributed by atoms with van der Waals surface area (Å²) in [6.07, 6.45) is 7.36. The molecule has 0 bridgehead atoms. The third-order valence-corrected chi connectivity index (χ3v) is 4.26. The highest BCUT2D eigenvalue weighted by Crippen LogP contribution is 2.34. The molecule has 0 N–H and O–H groups in total. The van der Waals surface area contributed by atoms with Crippen LogP contribution in [0.5, 0.6) is 5.75 Å². The normalized spacial score (nSPS) is 25.2. The lowest BCUT2D eigenvalue weighted by Crippen LogP contribution is -2.29. The lowest BCUT2D eigenvalue weighted by molar-refractivity contribution is 0.215. The second-order valence-electron chi connectivity index (χ2n) is 5.55. The number of ether oxygens (including phenoxy) is 1. The highest BCUT2D eigenvalue weighted by Gasteiger charge is 2.42. The predicted molar refractivity (Wildman–Crippen MR) is 75.0 cm³/mol. The average Bonchev–Trinajstić information content (AvgIpc) is 2.96. The summed E-state index contributed by atoms with van der Waals surface area (Å²) in [7, 11) is 0. The van der Waals surface area contributed by atoms with Crippen molar-refractivity contribution < 1.29 is 4.74 Å². The largest absolute Gasteiger partial charge is 0.490 e. The molecule has 2 fully saturated rings. The van der Waals surface area contributed by atoms with Gasteiger partial charge in [0.2, 0.25) is 0 Å². The minimum atomic E-state index is 0.601. The number of hydrogen-bond donors (Lipinski definition) is 0. The van der Waals surface area contributed by atoms with E-state index in [-0.39, 0.29) is 0 Å². The summed E-state index contributed by atoms with van der Waals surface area (Å²) < 4.78 is 7.75. The Bertz CT molecular complexity index is 579. The molecule has 1 saturated heterocycles. The van der Waals surface area contributed by atoms with Crippen molar-refractivity contribution in [3.63, 3.8) is 0 Å². The zero-order valence-corrected chi connectivity index (χ0v) is 11.4. The second kappa shape index (κ2) is 4.90. The average molecular weight is 270 g/mol. The van der Waals surface area contributed by atoms with Crippen molar-refractivity contribution in [2.45, 2.75) is 31.3 Å². The molecule has 4 rings (SSSR count). The molecule has 0 amide bonds. The molecule has 2 heterocycles. The van der Waals surface area contributed by atoms with E-state index in [9.17, 15) is 0 Å². The maximum Gasteiger partial charge on any atom is 0.145 e. The third kappa shape index (κ3) is 2.18. The minimum absolute atomic E-state index is 0.601. The fraction of sp³-hybridized carbons (Fsp3) is 0.467. The van der Waals surface area contributed by atoms with Crippen LogP contribution in [-0.2, 0) is 0 Å². The SMILES string of the molecule is c1ccc(-n2cncn2)c(OCC2CN2C2CCC2)c1. The van der Waals surface area contributed by atoms with Gasteiger partial charge in [-0.15, -0.1) is 0 Å². The van der Waals surface area contributed by atoms with Crippen LogP contribution >= 0.6 is 0 Å². The Balaban J connectivity index is 1.42. The van der Waals surface area contributed by atoms with E-state index in [0.717, 1.165) is 24.1 Å². The number of nitrogens with zero attached hydrogens (tertiary/aromatic N) is 4. The summed E-state index contributed by atoms with van der Waals surface area (Å²) in [5.74, 6) is 0.874.